The molecule has 0 aliphatic rings. The van der Waals surface area contributed by atoms with E-state index < -0.39 is 22.9 Å². The number of aromatic nitrogens is 2. The largest absolute Gasteiger partial charge is 0.271 e. The first-order chi connectivity index (χ1) is 7.20. The number of halogens is 2. The van der Waals surface area contributed by atoms with Gasteiger partial charge in [0.15, 0.2) is 11.6 Å². The van der Waals surface area contributed by atoms with Gasteiger partial charge in [-0.1, -0.05) is 6.07 Å². The minimum atomic E-state index is -0.823. The van der Waals surface area contributed by atoms with E-state index in [0.717, 1.165) is 12.1 Å². The number of para-hydroxylation sites is 1. The highest BCUT2D eigenvalue weighted by molar-refractivity contribution is 5.33. The van der Waals surface area contributed by atoms with Gasteiger partial charge in [0, 0.05) is 12.3 Å². The van der Waals surface area contributed by atoms with Gasteiger partial charge in [0.1, 0.15) is 5.69 Å². The summed E-state index contributed by atoms with van der Waals surface area (Å²) in [6, 6.07) is 5.94. The molecule has 1 aromatic heterocycles. The maximum Gasteiger partial charge on any atom is 0.271 e. The Balaban J connectivity index is 2.75. The summed E-state index contributed by atoms with van der Waals surface area (Å²) in [7, 11) is 0. The molecule has 3 nitrogen and oxygen atoms in total. The normalized spacial score (nSPS) is 10.3. The lowest BCUT2D eigenvalue weighted by molar-refractivity contribution is 0.554. The summed E-state index contributed by atoms with van der Waals surface area (Å²) in [5, 5.41) is 3.59. The molecule has 0 saturated carbocycles. The Hall–Kier alpha value is -2.04. The zero-order valence-corrected chi connectivity index (χ0v) is 7.52. The van der Waals surface area contributed by atoms with Gasteiger partial charge in [0.05, 0.1) is 0 Å². The molecule has 15 heavy (non-hydrogen) atoms. The van der Waals surface area contributed by atoms with E-state index >= 15 is 0 Å². The predicted molar refractivity (Wildman–Crippen MR) is 49.8 cm³/mol. The lowest BCUT2D eigenvalue weighted by atomic mass is 10.3. The van der Waals surface area contributed by atoms with E-state index in [-0.39, 0.29) is 0 Å². The molecule has 0 atom stereocenters. The van der Waals surface area contributed by atoms with Crippen molar-refractivity contribution in [2.75, 3.05) is 0 Å². The Labute approximate surface area is 83.6 Å². The summed E-state index contributed by atoms with van der Waals surface area (Å²) in [4.78, 5) is 11.3. The first kappa shape index (κ1) is 9.51. The highest BCUT2D eigenvalue weighted by Crippen LogP contribution is 2.13. The molecule has 0 radical (unpaired) electrons. The van der Waals surface area contributed by atoms with Gasteiger partial charge in [0.2, 0.25) is 0 Å². The van der Waals surface area contributed by atoms with Crippen LogP contribution in [0, 0.1) is 11.6 Å². The molecular formula is C10H6F2N2O. The molecular weight excluding hydrogens is 202 g/mol. The van der Waals surface area contributed by atoms with Crippen molar-refractivity contribution >= 4 is 0 Å². The average Bonchev–Trinajstić information content (AvgIpc) is 2.20. The summed E-state index contributed by atoms with van der Waals surface area (Å²) in [5.41, 5.74) is -1.04. The number of benzene rings is 1. The minimum Gasteiger partial charge on any atom is -0.267 e. The molecule has 0 amide bonds. The Morgan fingerprint density at radius 1 is 1.07 bits per heavy atom. The molecule has 0 N–H and O–H groups in total. The van der Waals surface area contributed by atoms with Crippen molar-refractivity contribution in [2.45, 2.75) is 0 Å². The Bertz CT molecular complexity index is 531. The molecule has 0 unspecified atom stereocenters. The fourth-order valence-corrected chi connectivity index (χ4v) is 1.22. The summed E-state index contributed by atoms with van der Waals surface area (Å²) in [5.74, 6) is -1.65. The van der Waals surface area contributed by atoms with Crippen molar-refractivity contribution in [3.8, 4) is 5.69 Å². The third-order valence-electron chi connectivity index (χ3n) is 1.87. The first-order valence-corrected chi connectivity index (χ1v) is 4.19. The Morgan fingerprint density at radius 3 is 2.33 bits per heavy atom. The SMILES string of the molecule is O=c1cccnn1-c1c(F)cccc1F. The van der Waals surface area contributed by atoms with Crippen molar-refractivity contribution < 1.29 is 8.78 Å². The summed E-state index contributed by atoms with van der Waals surface area (Å²) in [6.45, 7) is 0. The van der Waals surface area contributed by atoms with Crippen molar-refractivity contribution in [3.63, 3.8) is 0 Å². The second-order valence-corrected chi connectivity index (χ2v) is 2.84. The molecule has 0 aliphatic carbocycles. The van der Waals surface area contributed by atoms with Crippen LogP contribution in [0.4, 0.5) is 8.78 Å². The number of rotatable bonds is 1. The lowest BCUT2D eigenvalue weighted by Gasteiger charge is -2.05. The van der Waals surface area contributed by atoms with E-state index in [0.29, 0.717) is 4.68 Å². The van der Waals surface area contributed by atoms with E-state index in [9.17, 15) is 13.6 Å². The molecule has 0 fully saturated rings. The second-order valence-electron chi connectivity index (χ2n) is 2.84. The molecule has 5 heteroatoms. The smallest absolute Gasteiger partial charge is 0.267 e. The van der Waals surface area contributed by atoms with Gasteiger partial charge in [-0.05, 0) is 18.2 Å². The molecule has 2 rings (SSSR count). The first-order valence-electron chi connectivity index (χ1n) is 4.19. The summed E-state index contributed by atoms with van der Waals surface area (Å²) >= 11 is 0. The molecule has 1 heterocycles. The zero-order chi connectivity index (χ0) is 10.8. The molecule has 2 aromatic rings. The van der Waals surface area contributed by atoms with Gasteiger partial charge in [-0.25, -0.2) is 8.78 Å². The Morgan fingerprint density at radius 2 is 1.73 bits per heavy atom. The van der Waals surface area contributed by atoms with Gasteiger partial charge in [-0.3, -0.25) is 4.79 Å². The second kappa shape index (κ2) is 3.61. The molecule has 76 valence electrons. The lowest BCUT2D eigenvalue weighted by Crippen LogP contribution is -2.21. The van der Waals surface area contributed by atoms with Crippen molar-refractivity contribution in [3.05, 3.63) is 58.5 Å². The highest BCUT2D eigenvalue weighted by Gasteiger charge is 2.11. The van der Waals surface area contributed by atoms with Crippen molar-refractivity contribution in [1.29, 1.82) is 0 Å². The van der Waals surface area contributed by atoms with Crippen molar-refractivity contribution in [1.82, 2.24) is 9.78 Å². The van der Waals surface area contributed by atoms with Crippen LogP contribution in [-0.4, -0.2) is 9.78 Å². The standard InChI is InChI=1S/C10H6F2N2O/c11-7-3-1-4-8(12)10(7)14-9(15)5-2-6-13-14/h1-6H. The topological polar surface area (TPSA) is 34.9 Å². The zero-order valence-electron chi connectivity index (χ0n) is 7.52. The van der Waals surface area contributed by atoms with E-state index in [1.54, 1.807) is 0 Å². The quantitative estimate of drug-likeness (QED) is 0.712. The molecule has 0 aliphatic heterocycles. The predicted octanol–water partition coefficient (Wildman–Crippen LogP) is 1.51. The van der Waals surface area contributed by atoms with E-state index in [1.165, 1.54) is 24.4 Å². The third-order valence-corrected chi connectivity index (χ3v) is 1.87. The molecule has 0 bridgehead atoms. The van der Waals surface area contributed by atoms with E-state index in [2.05, 4.69) is 5.10 Å². The van der Waals surface area contributed by atoms with Gasteiger partial charge in [0.25, 0.3) is 5.56 Å². The fraction of sp³-hybridized carbons (Fsp3) is 0. The monoisotopic (exact) mass is 208 g/mol. The maximum absolute atomic E-state index is 13.3. The highest BCUT2D eigenvalue weighted by atomic mass is 19.1. The average molecular weight is 208 g/mol. The molecule has 0 saturated heterocycles. The van der Waals surface area contributed by atoms with Crippen LogP contribution in [0.25, 0.3) is 5.69 Å². The third kappa shape index (κ3) is 1.63. The minimum absolute atomic E-state index is 0.455. The number of nitrogens with zero attached hydrogens (tertiary/aromatic N) is 2. The fourth-order valence-electron chi connectivity index (χ4n) is 1.22. The van der Waals surface area contributed by atoms with E-state index in [4.69, 9.17) is 0 Å². The van der Waals surface area contributed by atoms with Crippen LogP contribution in [0.1, 0.15) is 0 Å². The van der Waals surface area contributed by atoms with Crippen LogP contribution >= 0.6 is 0 Å². The number of hydrogen-bond donors (Lipinski definition) is 0. The van der Waals surface area contributed by atoms with Crippen LogP contribution in [0.2, 0.25) is 0 Å². The summed E-state index contributed by atoms with van der Waals surface area (Å²) < 4.78 is 27.2. The van der Waals surface area contributed by atoms with Crippen LogP contribution in [0.3, 0.4) is 0 Å². The maximum atomic E-state index is 13.3. The van der Waals surface area contributed by atoms with Gasteiger partial charge in [-0.2, -0.15) is 9.78 Å². The molecule has 1 aromatic carbocycles. The van der Waals surface area contributed by atoms with Crippen LogP contribution < -0.4 is 5.56 Å². The van der Waals surface area contributed by atoms with Gasteiger partial charge in [-0.15, -0.1) is 0 Å². The Kier molecular flexibility index (Phi) is 2.29. The van der Waals surface area contributed by atoms with Crippen LogP contribution in [0.5, 0.6) is 0 Å². The van der Waals surface area contributed by atoms with Gasteiger partial charge >= 0.3 is 0 Å². The van der Waals surface area contributed by atoms with Crippen LogP contribution in [0.15, 0.2) is 41.3 Å². The summed E-state index contributed by atoms with van der Waals surface area (Å²) in [6.07, 6.45) is 1.28. The van der Waals surface area contributed by atoms with Crippen molar-refractivity contribution in [2.24, 2.45) is 0 Å². The van der Waals surface area contributed by atoms with Crippen LogP contribution in [-0.2, 0) is 0 Å². The number of hydrogen-bond acceptors (Lipinski definition) is 2. The van der Waals surface area contributed by atoms with E-state index in [1.807, 2.05) is 0 Å². The molecule has 0 spiro atoms. The van der Waals surface area contributed by atoms with Gasteiger partial charge < -0.3 is 0 Å².